The maximum atomic E-state index is 13.7. The highest BCUT2D eigenvalue weighted by molar-refractivity contribution is 6.30. The van der Waals surface area contributed by atoms with Gasteiger partial charge in [0.1, 0.15) is 16.9 Å². The maximum absolute atomic E-state index is 13.7. The fourth-order valence-electron chi connectivity index (χ4n) is 3.68. The summed E-state index contributed by atoms with van der Waals surface area (Å²) in [6.45, 7) is -0.551. The van der Waals surface area contributed by atoms with Crippen molar-refractivity contribution in [2.45, 2.75) is 6.43 Å². The van der Waals surface area contributed by atoms with Crippen LogP contribution in [0, 0.1) is 0 Å². The molecular weight excluding hydrogens is 450 g/mol. The quantitative estimate of drug-likeness (QED) is 0.407. The normalized spacial score (nSPS) is 11.5. The minimum Gasteiger partial charge on any atom is -0.364 e. The predicted octanol–water partition coefficient (Wildman–Crippen LogP) is 4.66. The summed E-state index contributed by atoms with van der Waals surface area (Å²) in [5, 5.41) is 12.8. The molecule has 0 spiro atoms. The molecule has 5 rings (SSSR count). The number of aromatic nitrogens is 5. The van der Waals surface area contributed by atoms with Crippen LogP contribution in [0.4, 0.5) is 14.6 Å². The van der Waals surface area contributed by atoms with E-state index in [0.29, 0.717) is 32.9 Å². The second-order valence-electron chi connectivity index (χ2n) is 7.48. The molecule has 0 saturated heterocycles. The number of benzene rings is 2. The van der Waals surface area contributed by atoms with Gasteiger partial charge in [-0.3, -0.25) is 9.48 Å². The number of anilines is 1. The van der Waals surface area contributed by atoms with Gasteiger partial charge in [0.25, 0.3) is 12.0 Å². The third-order valence-corrected chi connectivity index (χ3v) is 5.39. The van der Waals surface area contributed by atoms with Crippen molar-refractivity contribution in [3.63, 3.8) is 0 Å². The van der Waals surface area contributed by atoms with E-state index < -0.39 is 18.5 Å². The number of rotatable bonds is 5. The Morgan fingerprint density at radius 3 is 2.55 bits per heavy atom. The molecule has 0 amide bonds. The first-order chi connectivity index (χ1) is 15.9. The highest BCUT2D eigenvalue weighted by Crippen LogP contribution is 2.27. The number of pyridine rings is 1. The SMILES string of the molecule is Cn1cc2cc(-n3nc4ccc(NCC(F)F)nc4c(-c4ccc(Cl)cc4)c3=O)ccc2n1. The molecule has 0 aliphatic carbocycles. The number of alkyl halides is 2. The number of nitrogens with one attached hydrogen (secondary N) is 1. The molecule has 0 aliphatic rings. The summed E-state index contributed by atoms with van der Waals surface area (Å²) in [4.78, 5) is 18.1. The van der Waals surface area contributed by atoms with Gasteiger partial charge in [-0.15, -0.1) is 0 Å². The number of hydrogen-bond donors (Lipinski definition) is 1. The Morgan fingerprint density at radius 2 is 1.79 bits per heavy atom. The van der Waals surface area contributed by atoms with Crippen molar-refractivity contribution in [1.82, 2.24) is 24.5 Å². The number of halogens is 3. The van der Waals surface area contributed by atoms with E-state index >= 15 is 0 Å². The van der Waals surface area contributed by atoms with Gasteiger partial charge in [-0.25, -0.2) is 13.8 Å². The molecule has 0 saturated carbocycles. The summed E-state index contributed by atoms with van der Waals surface area (Å²) in [6.07, 6.45) is -0.681. The van der Waals surface area contributed by atoms with Crippen LogP contribution < -0.4 is 10.9 Å². The zero-order chi connectivity index (χ0) is 23.1. The first kappa shape index (κ1) is 21.0. The monoisotopic (exact) mass is 466 g/mol. The van der Waals surface area contributed by atoms with E-state index in [1.165, 1.54) is 4.68 Å². The highest BCUT2D eigenvalue weighted by Gasteiger charge is 2.17. The second kappa shape index (κ2) is 8.25. The van der Waals surface area contributed by atoms with Crippen LogP contribution in [0.5, 0.6) is 0 Å². The Bertz CT molecular complexity index is 1550. The average molecular weight is 467 g/mol. The predicted molar refractivity (Wildman–Crippen MR) is 124 cm³/mol. The zero-order valence-corrected chi connectivity index (χ0v) is 18.1. The molecule has 3 heterocycles. The van der Waals surface area contributed by atoms with Gasteiger partial charge in [-0.2, -0.15) is 14.9 Å². The summed E-state index contributed by atoms with van der Waals surface area (Å²) < 4.78 is 28.3. The molecule has 0 fully saturated rings. The van der Waals surface area contributed by atoms with Crippen LogP contribution in [-0.2, 0) is 7.05 Å². The molecule has 0 unspecified atom stereocenters. The Hall–Kier alpha value is -3.85. The largest absolute Gasteiger partial charge is 0.364 e. The lowest BCUT2D eigenvalue weighted by Gasteiger charge is -2.12. The van der Waals surface area contributed by atoms with Gasteiger partial charge in [0.05, 0.1) is 23.3 Å². The molecule has 0 atom stereocenters. The molecule has 10 heteroatoms. The van der Waals surface area contributed by atoms with Crippen LogP contribution in [0.25, 0.3) is 38.8 Å². The van der Waals surface area contributed by atoms with Gasteiger partial charge in [-0.1, -0.05) is 23.7 Å². The smallest absolute Gasteiger partial charge is 0.281 e. The Labute approximate surface area is 191 Å². The first-order valence-corrected chi connectivity index (χ1v) is 10.4. The Morgan fingerprint density at radius 1 is 1.03 bits per heavy atom. The molecule has 0 aliphatic heterocycles. The lowest BCUT2D eigenvalue weighted by atomic mass is 10.1. The summed E-state index contributed by atoms with van der Waals surface area (Å²) >= 11 is 6.04. The molecule has 0 bridgehead atoms. The van der Waals surface area contributed by atoms with Gasteiger partial charge in [0.2, 0.25) is 0 Å². The summed E-state index contributed by atoms with van der Waals surface area (Å²) in [5.41, 5.74) is 2.59. The minimum atomic E-state index is -2.54. The molecule has 7 nitrogen and oxygen atoms in total. The van der Waals surface area contributed by atoms with E-state index in [2.05, 4.69) is 20.5 Å². The molecule has 166 valence electrons. The number of hydrogen-bond acceptors (Lipinski definition) is 5. The van der Waals surface area contributed by atoms with E-state index in [-0.39, 0.29) is 5.82 Å². The highest BCUT2D eigenvalue weighted by atomic mass is 35.5. The van der Waals surface area contributed by atoms with Crippen molar-refractivity contribution in [3.8, 4) is 16.8 Å². The van der Waals surface area contributed by atoms with Gasteiger partial charge < -0.3 is 5.32 Å². The third-order valence-electron chi connectivity index (χ3n) is 5.14. The molecule has 0 radical (unpaired) electrons. The average Bonchev–Trinajstić information content (AvgIpc) is 3.17. The van der Waals surface area contributed by atoms with E-state index in [1.54, 1.807) is 47.1 Å². The van der Waals surface area contributed by atoms with Crippen molar-refractivity contribution in [2.75, 3.05) is 11.9 Å². The van der Waals surface area contributed by atoms with E-state index in [4.69, 9.17) is 11.6 Å². The molecule has 2 aromatic carbocycles. The molecular formula is C23H17ClF2N6O. The third kappa shape index (κ3) is 4.03. The van der Waals surface area contributed by atoms with Gasteiger partial charge in [-0.05, 0) is 48.0 Å². The molecule has 5 aromatic rings. The zero-order valence-electron chi connectivity index (χ0n) is 17.3. The van der Waals surface area contributed by atoms with Crippen LogP contribution in [0.1, 0.15) is 0 Å². The molecule has 1 N–H and O–H groups in total. The molecule has 3 aromatic heterocycles. The Balaban J connectivity index is 1.75. The fourth-order valence-corrected chi connectivity index (χ4v) is 3.80. The molecule has 33 heavy (non-hydrogen) atoms. The lowest BCUT2D eigenvalue weighted by Crippen LogP contribution is -2.24. The van der Waals surface area contributed by atoms with Gasteiger partial charge >= 0.3 is 0 Å². The van der Waals surface area contributed by atoms with Crippen LogP contribution in [0.3, 0.4) is 0 Å². The van der Waals surface area contributed by atoms with Crippen molar-refractivity contribution in [1.29, 1.82) is 0 Å². The number of fused-ring (bicyclic) bond motifs is 2. The second-order valence-corrected chi connectivity index (χ2v) is 7.92. The van der Waals surface area contributed by atoms with Gasteiger partial charge in [0.15, 0.2) is 0 Å². The van der Waals surface area contributed by atoms with Crippen LogP contribution >= 0.6 is 11.6 Å². The van der Waals surface area contributed by atoms with Gasteiger partial charge in [0, 0.05) is 23.7 Å². The summed E-state index contributed by atoms with van der Waals surface area (Å²) in [5.74, 6) is 0.230. The fraction of sp³-hybridized carbons (Fsp3) is 0.130. The van der Waals surface area contributed by atoms with Crippen LogP contribution in [0.2, 0.25) is 5.02 Å². The van der Waals surface area contributed by atoms with Crippen LogP contribution in [-0.4, -0.2) is 37.5 Å². The number of nitrogens with zero attached hydrogens (tertiary/aromatic N) is 5. The van der Waals surface area contributed by atoms with Crippen molar-refractivity contribution < 1.29 is 8.78 Å². The van der Waals surface area contributed by atoms with Crippen LogP contribution in [0.15, 0.2) is 65.6 Å². The lowest BCUT2D eigenvalue weighted by molar-refractivity contribution is 0.163. The summed E-state index contributed by atoms with van der Waals surface area (Å²) in [7, 11) is 1.82. The standard InChI is InChI=1S/C23H17ClF2N6O/c1-31-12-14-10-16(6-7-17(14)29-31)32-23(33)21(13-2-4-15(24)5-3-13)22-18(30-32)8-9-20(28-22)27-11-19(25)26/h2-10,12,19H,11H2,1H3,(H,27,28). The van der Waals surface area contributed by atoms with Crippen molar-refractivity contribution in [3.05, 3.63) is 76.2 Å². The van der Waals surface area contributed by atoms with E-state index in [0.717, 1.165) is 10.9 Å². The summed E-state index contributed by atoms with van der Waals surface area (Å²) in [6, 6.07) is 15.4. The van der Waals surface area contributed by atoms with Crippen molar-refractivity contribution >= 4 is 39.4 Å². The van der Waals surface area contributed by atoms with E-state index in [1.807, 2.05) is 25.4 Å². The topological polar surface area (TPSA) is 77.6 Å². The Kier molecular flexibility index (Phi) is 5.26. The van der Waals surface area contributed by atoms with E-state index in [9.17, 15) is 13.6 Å². The minimum absolute atomic E-state index is 0.230. The first-order valence-electron chi connectivity index (χ1n) is 10.0. The van der Waals surface area contributed by atoms with Crippen molar-refractivity contribution in [2.24, 2.45) is 7.05 Å². The number of aryl methyl sites for hydroxylation is 1. The maximum Gasteiger partial charge on any atom is 0.281 e.